The van der Waals surface area contributed by atoms with E-state index in [-0.39, 0.29) is 11.8 Å². The van der Waals surface area contributed by atoms with Gasteiger partial charge in [0.2, 0.25) is 0 Å². The first kappa shape index (κ1) is 16.9. The Kier molecular flexibility index (Phi) is 4.57. The number of hydrogen-bond donors (Lipinski definition) is 1. The number of benzene rings is 2. The van der Waals surface area contributed by atoms with Gasteiger partial charge in [-0.15, -0.1) is 11.3 Å². The van der Waals surface area contributed by atoms with Crippen LogP contribution in [-0.2, 0) is 11.3 Å². The van der Waals surface area contributed by atoms with Crippen molar-refractivity contribution in [3.63, 3.8) is 0 Å². The summed E-state index contributed by atoms with van der Waals surface area (Å²) >= 11 is 4.78. The molecule has 1 aliphatic rings. The third kappa shape index (κ3) is 3.15. The molecule has 1 N–H and O–H groups in total. The van der Waals surface area contributed by atoms with Crippen molar-refractivity contribution in [1.29, 1.82) is 0 Å². The second-order valence-corrected chi connectivity index (χ2v) is 7.68. The van der Waals surface area contributed by atoms with Crippen molar-refractivity contribution in [2.45, 2.75) is 12.6 Å². The van der Waals surface area contributed by atoms with Gasteiger partial charge in [0.05, 0.1) is 0 Å². The molecule has 0 radical (unpaired) electrons. The topological polar surface area (TPSA) is 62.3 Å². The predicted molar refractivity (Wildman–Crippen MR) is 104 cm³/mol. The van der Waals surface area contributed by atoms with Crippen LogP contribution in [0.3, 0.4) is 0 Å². The van der Waals surface area contributed by atoms with Crippen molar-refractivity contribution in [1.82, 2.24) is 9.88 Å². The highest BCUT2D eigenvalue weighted by Gasteiger charge is 2.37. The third-order valence-electron chi connectivity index (χ3n) is 4.24. The Balaban J connectivity index is 1.70. The van der Waals surface area contributed by atoms with Crippen LogP contribution in [0.15, 0.2) is 64.6 Å². The minimum atomic E-state index is -0.723. The van der Waals surface area contributed by atoms with E-state index in [1.165, 1.54) is 11.3 Å². The molecule has 5 nitrogen and oxygen atoms in total. The maximum Gasteiger partial charge on any atom is 0.255 e. The number of rotatable bonds is 4. The number of carbonyl (C=O) groups excluding carboxylic acids is 2. The Bertz CT molecular complexity index is 960. The molecular formula is C19H14BrN3O2S. The van der Waals surface area contributed by atoms with Gasteiger partial charge in [0, 0.05) is 28.2 Å². The van der Waals surface area contributed by atoms with Crippen LogP contribution in [0.1, 0.15) is 27.5 Å². The molecule has 7 heteroatoms. The lowest BCUT2D eigenvalue weighted by molar-refractivity contribution is -0.120. The van der Waals surface area contributed by atoms with Crippen LogP contribution in [0, 0.1) is 0 Å². The number of anilines is 1. The molecule has 0 bridgehead atoms. The van der Waals surface area contributed by atoms with Crippen LogP contribution in [0.2, 0.25) is 0 Å². The number of aromatic nitrogens is 1. The molecule has 1 aliphatic heterocycles. The fraction of sp³-hybridized carbons (Fsp3) is 0.105. The molecule has 0 saturated carbocycles. The van der Waals surface area contributed by atoms with E-state index in [4.69, 9.17) is 0 Å². The summed E-state index contributed by atoms with van der Waals surface area (Å²) in [5.41, 5.74) is 2.31. The molecule has 2 heterocycles. The van der Waals surface area contributed by atoms with E-state index in [0.717, 1.165) is 15.6 Å². The first-order valence-electron chi connectivity index (χ1n) is 7.98. The number of hydrogen-bond acceptors (Lipinski definition) is 4. The summed E-state index contributed by atoms with van der Waals surface area (Å²) in [7, 11) is 0. The van der Waals surface area contributed by atoms with E-state index in [1.807, 2.05) is 42.5 Å². The van der Waals surface area contributed by atoms with Crippen LogP contribution in [0.5, 0.6) is 0 Å². The van der Waals surface area contributed by atoms with Gasteiger partial charge in [-0.3, -0.25) is 14.9 Å². The largest absolute Gasteiger partial charge is 0.318 e. The second-order valence-electron chi connectivity index (χ2n) is 5.87. The molecule has 1 aromatic heterocycles. The van der Waals surface area contributed by atoms with Crippen LogP contribution in [-0.4, -0.2) is 21.7 Å². The van der Waals surface area contributed by atoms with E-state index in [1.54, 1.807) is 22.5 Å². The van der Waals surface area contributed by atoms with Crippen molar-refractivity contribution < 1.29 is 9.59 Å². The normalized spacial score (nSPS) is 14.2. The van der Waals surface area contributed by atoms with E-state index in [2.05, 4.69) is 26.2 Å². The average molecular weight is 428 g/mol. The molecule has 2 amide bonds. The lowest BCUT2D eigenvalue weighted by Crippen LogP contribution is -2.37. The van der Waals surface area contributed by atoms with Crippen LogP contribution >= 0.6 is 27.3 Å². The quantitative estimate of drug-likeness (QED) is 0.676. The summed E-state index contributed by atoms with van der Waals surface area (Å²) in [4.78, 5) is 31.7. The monoisotopic (exact) mass is 427 g/mol. The maximum absolute atomic E-state index is 13.0. The summed E-state index contributed by atoms with van der Waals surface area (Å²) in [6.07, 6.45) is 1.63. The van der Waals surface area contributed by atoms with Crippen LogP contribution in [0.4, 0.5) is 5.13 Å². The van der Waals surface area contributed by atoms with E-state index >= 15 is 0 Å². The fourth-order valence-electron chi connectivity index (χ4n) is 3.09. The summed E-state index contributed by atoms with van der Waals surface area (Å²) in [6, 6.07) is 14.2. The molecule has 3 aromatic rings. The third-order valence-corrected chi connectivity index (χ3v) is 5.42. The molecule has 0 saturated heterocycles. The SMILES string of the molecule is O=C(Nc1nccs1)[C@@H](c1ccccc1)N1Cc2cc(Br)ccc2C1=O. The minimum Gasteiger partial charge on any atom is -0.318 e. The Morgan fingerprint density at radius 3 is 2.77 bits per heavy atom. The Hall–Kier alpha value is -2.51. The van der Waals surface area contributed by atoms with Crippen molar-refractivity contribution in [3.05, 3.63) is 81.3 Å². The number of fused-ring (bicyclic) bond motifs is 1. The van der Waals surface area contributed by atoms with Crippen LogP contribution < -0.4 is 5.32 Å². The molecule has 26 heavy (non-hydrogen) atoms. The van der Waals surface area contributed by atoms with Gasteiger partial charge >= 0.3 is 0 Å². The number of nitrogens with zero attached hydrogens (tertiary/aromatic N) is 2. The lowest BCUT2D eigenvalue weighted by atomic mass is 10.0. The van der Waals surface area contributed by atoms with Gasteiger partial charge in [-0.05, 0) is 29.3 Å². The van der Waals surface area contributed by atoms with Crippen molar-refractivity contribution >= 4 is 44.2 Å². The van der Waals surface area contributed by atoms with Gasteiger partial charge in [-0.1, -0.05) is 46.3 Å². The van der Waals surface area contributed by atoms with Gasteiger partial charge in [-0.25, -0.2) is 4.98 Å². The van der Waals surface area contributed by atoms with Crippen molar-refractivity contribution in [2.24, 2.45) is 0 Å². The highest BCUT2D eigenvalue weighted by atomic mass is 79.9. The number of amides is 2. The number of halogens is 1. The molecule has 0 fully saturated rings. The van der Waals surface area contributed by atoms with E-state index in [0.29, 0.717) is 17.2 Å². The zero-order valence-electron chi connectivity index (χ0n) is 13.6. The van der Waals surface area contributed by atoms with E-state index in [9.17, 15) is 9.59 Å². The highest BCUT2D eigenvalue weighted by molar-refractivity contribution is 9.10. The Morgan fingerprint density at radius 2 is 2.04 bits per heavy atom. The number of thiazole rings is 1. The predicted octanol–water partition coefficient (Wildman–Crippen LogP) is 4.24. The molecule has 4 rings (SSSR count). The highest BCUT2D eigenvalue weighted by Crippen LogP contribution is 2.33. The first-order valence-corrected chi connectivity index (χ1v) is 9.65. The van der Waals surface area contributed by atoms with E-state index < -0.39 is 6.04 Å². The number of carbonyl (C=O) groups is 2. The average Bonchev–Trinajstić information content (AvgIpc) is 3.25. The molecule has 0 spiro atoms. The summed E-state index contributed by atoms with van der Waals surface area (Å²) < 4.78 is 0.911. The Labute approximate surface area is 162 Å². The fourth-order valence-corrected chi connectivity index (χ4v) is 4.03. The molecule has 130 valence electrons. The zero-order chi connectivity index (χ0) is 18.1. The minimum absolute atomic E-state index is 0.143. The van der Waals surface area contributed by atoms with Crippen molar-refractivity contribution in [3.8, 4) is 0 Å². The summed E-state index contributed by atoms with van der Waals surface area (Å²) in [5, 5.41) is 5.13. The van der Waals surface area contributed by atoms with Crippen molar-refractivity contribution in [2.75, 3.05) is 5.32 Å². The summed E-state index contributed by atoms with van der Waals surface area (Å²) in [6.45, 7) is 0.387. The van der Waals surface area contributed by atoms with Gasteiger partial charge in [0.25, 0.3) is 11.8 Å². The standard InChI is InChI=1S/C19H14BrN3O2S/c20-14-6-7-15-13(10-14)11-23(18(15)25)16(12-4-2-1-3-5-12)17(24)22-19-21-8-9-26-19/h1-10,16H,11H2,(H,21,22,24)/t16-/m1/s1. The first-order chi connectivity index (χ1) is 12.6. The summed E-state index contributed by atoms with van der Waals surface area (Å²) in [5.74, 6) is -0.415. The van der Waals surface area contributed by atoms with Crippen LogP contribution in [0.25, 0.3) is 0 Å². The van der Waals surface area contributed by atoms with Gasteiger partial charge in [-0.2, -0.15) is 0 Å². The Morgan fingerprint density at radius 1 is 1.23 bits per heavy atom. The molecule has 2 aromatic carbocycles. The number of nitrogens with one attached hydrogen (secondary N) is 1. The molecule has 0 aliphatic carbocycles. The zero-order valence-corrected chi connectivity index (χ0v) is 16.0. The second kappa shape index (κ2) is 7.01. The maximum atomic E-state index is 13.0. The molecular weight excluding hydrogens is 414 g/mol. The lowest BCUT2D eigenvalue weighted by Gasteiger charge is -2.27. The van der Waals surface area contributed by atoms with Gasteiger partial charge < -0.3 is 4.90 Å². The van der Waals surface area contributed by atoms with Gasteiger partial charge in [0.15, 0.2) is 5.13 Å². The van der Waals surface area contributed by atoms with Gasteiger partial charge in [0.1, 0.15) is 6.04 Å². The molecule has 0 unspecified atom stereocenters. The molecule has 1 atom stereocenters. The smallest absolute Gasteiger partial charge is 0.255 e.